The molecule has 6 aliphatic carbocycles. The lowest BCUT2D eigenvalue weighted by Gasteiger charge is -2.23. The van der Waals surface area contributed by atoms with Crippen molar-refractivity contribution in [3.05, 3.63) is 272 Å². The number of hydrogen-bond acceptors (Lipinski definition) is 23. The number of piperidine rings is 6. The molecule has 0 radical (unpaired) electrons. The van der Waals surface area contributed by atoms with Crippen LogP contribution in [0.3, 0.4) is 0 Å². The molecular formula is C102H87Br2F10N19O7. The van der Waals surface area contributed by atoms with Crippen molar-refractivity contribution >= 4 is 89.6 Å². The number of ether oxygens (including phenoxy) is 3. The molecule has 716 valence electrons. The standard InChI is InChI=1S/C26H24F2N4O.C19H19FN4O2.C17H15FN4O2.C14H13FN2O2.C12H10BrFN2.C7H2BrF2N.C7H4F2N2/c27-25-15(1-3-23(21(25)7-29)31-9-17-5-18(17)10-31)13-33-14-16-2-4-24(22(8-30)26(16)28)32-11-19-6-20(19)12-32;1-2-26-19(25)15-7-22-24(11-15)10-12-3-4-17(16(6-21)18(12)20)23-8-13-5-14(13)9-23;18-16-10(8-22-9-13(5-20-22)17(23)24)1-2-15(14(16)4-19)21-6-11-3-12(11)7-21;1-19-14(18)10-2-3-12(11(5-16)13(10)15)17-6-8-4-9(8)7-17;13-10-1-2-11(9(4-15)12(10)14)16-5-7-3-8(7)6-16;8-5-1-2-6(9)4(3-11)7(5)10;8-5-1-2-6(11)7(9)4(5)3-10/h1-4,17-20H,5-6,9-14H2;3-4,7,11,13-14H,2,5,8-10H2,1H3;1-2,5,9,11-12H,3,6-8H2,(H,23,24);2-3,8-9H,4,6-7H2,1H3;1-2,7-8H,3,5-6H2;1-2H;1-2H,11H2. The summed E-state index contributed by atoms with van der Waals surface area (Å²) in [5, 5.41) is 89.5. The maximum Gasteiger partial charge on any atom is 0.341 e. The van der Waals surface area contributed by atoms with Gasteiger partial charge in [0.1, 0.15) is 128 Å². The normalized spacial score (nSPS) is 21.4. The summed E-state index contributed by atoms with van der Waals surface area (Å²) < 4.78 is 156. The number of aromatic nitrogens is 4. The van der Waals surface area contributed by atoms with E-state index in [4.69, 9.17) is 41.4 Å². The molecule has 8 aromatic carbocycles. The minimum Gasteiger partial charge on any atom is -0.478 e. The number of nitrogens with two attached hydrogens (primary N) is 1. The number of carboxylic acids is 1. The second-order valence-corrected chi connectivity index (χ2v) is 38.3. The SMILES string of the molecule is CCOC(=O)c1cnn(Cc2ccc(N3CC4CC4C3)c(C#N)c2F)c1.COC(=O)c1ccc(N2CC3CC3C2)c(C#N)c1F.N#Cc1c(F)ccc(Br)c1F.N#Cc1c(F)ccc(N)c1F.N#Cc1c(N2CC3CC3C2)ccc(Br)c1F.N#Cc1c(N2CC3CC3C2)ccc(COCc2ccc(N3CC4CC4C3)c(C#N)c2F)c1F.N#Cc1c(N2CC3CC3C2)ccc(Cn2cc(C(=O)O)cn2)c1F. The van der Waals surface area contributed by atoms with Gasteiger partial charge in [-0.25, -0.2) is 58.3 Å². The molecule has 0 spiro atoms. The van der Waals surface area contributed by atoms with Crippen molar-refractivity contribution in [3.8, 4) is 48.6 Å². The van der Waals surface area contributed by atoms with Gasteiger partial charge in [-0.3, -0.25) is 9.36 Å². The number of anilines is 7. The Morgan fingerprint density at radius 3 is 0.964 bits per heavy atom. The summed E-state index contributed by atoms with van der Waals surface area (Å²) in [4.78, 5) is 46.5. The fraction of sp³-hybridized carbons (Fsp3) is 0.363. The molecule has 6 saturated carbocycles. The third-order valence-corrected chi connectivity index (χ3v) is 28.8. The van der Waals surface area contributed by atoms with Gasteiger partial charge < -0.3 is 54.5 Å². The van der Waals surface area contributed by atoms with Gasteiger partial charge in [0.25, 0.3) is 0 Å². The maximum absolute atomic E-state index is 15.0. The number of fused-ring (bicyclic) bond motifs is 6. The van der Waals surface area contributed by atoms with Gasteiger partial charge in [0.15, 0.2) is 23.3 Å². The lowest BCUT2D eigenvalue weighted by atomic mass is 10.1. The molecule has 6 aliphatic heterocycles. The summed E-state index contributed by atoms with van der Waals surface area (Å²) in [5.74, 6) is -0.878. The van der Waals surface area contributed by atoms with Crippen LogP contribution >= 0.6 is 31.9 Å². The summed E-state index contributed by atoms with van der Waals surface area (Å²) in [6.07, 6.45) is 13.0. The molecule has 8 heterocycles. The van der Waals surface area contributed by atoms with E-state index in [1.807, 2.05) is 53.4 Å². The predicted octanol–water partition coefficient (Wildman–Crippen LogP) is 17.9. The molecule has 6 saturated heterocycles. The lowest BCUT2D eigenvalue weighted by molar-refractivity contribution is 0.0524. The third kappa shape index (κ3) is 21.3. The van der Waals surface area contributed by atoms with E-state index >= 15 is 8.78 Å². The second kappa shape index (κ2) is 41.9. The summed E-state index contributed by atoms with van der Waals surface area (Å²) in [6.45, 7) is 12.9. The van der Waals surface area contributed by atoms with E-state index in [2.05, 4.69) is 71.3 Å². The molecule has 22 rings (SSSR count). The van der Waals surface area contributed by atoms with E-state index in [0.717, 1.165) is 114 Å². The van der Waals surface area contributed by atoms with Gasteiger partial charge in [0, 0.05) is 113 Å². The van der Waals surface area contributed by atoms with Crippen LogP contribution in [0.5, 0.6) is 0 Å². The minimum absolute atomic E-state index is 0.0448. The van der Waals surface area contributed by atoms with Crippen LogP contribution < -0.4 is 35.1 Å². The summed E-state index contributed by atoms with van der Waals surface area (Å²) >= 11 is 5.93. The highest BCUT2D eigenvalue weighted by Gasteiger charge is 2.51. The van der Waals surface area contributed by atoms with Gasteiger partial charge in [-0.15, -0.1) is 0 Å². The Labute approximate surface area is 815 Å². The number of rotatable bonds is 18. The van der Waals surface area contributed by atoms with Crippen LogP contribution in [0.15, 0.2) is 131 Å². The molecule has 140 heavy (non-hydrogen) atoms. The zero-order valence-corrected chi connectivity index (χ0v) is 78.5. The van der Waals surface area contributed by atoms with Crippen LogP contribution in [0.4, 0.5) is 83.7 Å². The molecule has 0 amide bonds. The van der Waals surface area contributed by atoms with Gasteiger partial charge in [-0.05, 0) is 221 Å². The van der Waals surface area contributed by atoms with Gasteiger partial charge in [0.2, 0.25) is 0 Å². The zero-order chi connectivity index (χ0) is 99.5. The first-order valence-electron chi connectivity index (χ1n) is 45.2. The van der Waals surface area contributed by atoms with E-state index in [-0.39, 0.29) is 98.7 Å². The Kier molecular flexibility index (Phi) is 29.5. The first-order chi connectivity index (χ1) is 67.4. The first kappa shape index (κ1) is 98.4. The maximum atomic E-state index is 15.0. The van der Waals surface area contributed by atoms with E-state index in [9.17, 15) is 70.6 Å². The van der Waals surface area contributed by atoms with Crippen molar-refractivity contribution in [1.29, 1.82) is 42.1 Å². The molecule has 10 aromatic rings. The lowest BCUT2D eigenvalue weighted by Crippen LogP contribution is -2.23. The van der Waals surface area contributed by atoms with Gasteiger partial charge in [0.05, 0.1) is 118 Å². The fourth-order valence-corrected chi connectivity index (χ4v) is 20.0. The first-order valence-corrected chi connectivity index (χ1v) is 46.8. The Bertz CT molecular complexity index is 6730. The summed E-state index contributed by atoms with van der Waals surface area (Å²) in [7, 11) is 1.19. The number of methoxy groups -OCH3 is 1. The minimum atomic E-state index is -1.08. The molecular weight excluding hydrogens is 1950 g/mol. The monoisotopic (exact) mass is 2040 g/mol. The summed E-state index contributed by atoms with van der Waals surface area (Å²) in [6, 6.07) is 39.3. The molecule has 26 nitrogen and oxygen atoms in total. The van der Waals surface area contributed by atoms with Crippen molar-refractivity contribution in [2.24, 2.45) is 71.0 Å². The van der Waals surface area contributed by atoms with Crippen LogP contribution in [0, 0.1) is 220 Å². The quantitative estimate of drug-likeness (QED) is 0.0349. The molecule has 3 N–H and O–H groups in total. The van der Waals surface area contributed by atoms with E-state index < -0.39 is 87.2 Å². The van der Waals surface area contributed by atoms with Crippen LogP contribution in [0.2, 0.25) is 0 Å². The highest BCUT2D eigenvalue weighted by atomic mass is 79.9. The van der Waals surface area contributed by atoms with E-state index in [1.54, 1.807) is 61.5 Å². The number of nitrogen functional groups attached to an aromatic ring is 1. The highest BCUT2D eigenvalue weighted by Crippen LogP contribution is 2.53. The van der Waals surface area contributed by atoms with E-state index in [1.165, 1.54) is 104 Å². The molecule has 12 atom stereocenters. The van der Waals surface area contributed by atoms with Crippen molar-refractivity contribution < 1.29 is 77.6 Å². The molecule has 12 aliphatic rings. The number of carbonyl (C=O) groups excluding carboxylic acids is 2. The Hall–Kier alpha value is -14.7. The number of hydrogen-bond donors (Lipinski definition) is 2. The zero-order valence-electron chi connectivity index (χ0n) is 75.3. The molecule has 2 aromatic heterocycles. The number of carboxylic acid groups (broad SMARTS) is 1. The van der Waals surface area contributed by atoms with Crippen LogP contribution in [0.25, 0.3) is 0 Å². The number of aromatic carboxylic acids is 1. The van der Waals surface area contributed by atoms with Crippen LogP contribution in [-0.4, -0.2) is 135 Å². The van der Waals surface area contributed by atoms with Crippen molar-refractivity contribution in [3.63, 3.8) is 0 Å². The number of benzene rings is 8. The Morgan fingerprint density at radius 2 is 0.650 bits per heavy atom. The molecule has 38 heteroatoms. The van der Waals surface area contributed by atoms with Crippen molar-refractivity contribution in [2.75, 3.05) is 127 Å². The molecule has 0 bridgehead atoms. The van der Waals surface area contributed by atoms with Crippen molar-refractivity contribution in [2.45, 2.75) is 71.8 Å². The van der Waals surface area contributed by atoms with Crippen LogP contribution in [0.1, 0.15) is 143 Å². The number of nitrogens with zero attached hydrogens (tertiary/aromatic N) is 18. The third-order valence-electron chi connectivity index (χ3n) is 27.6. The van der Waals surface area contributed by atoms with Gasteiger partial charge in [-0.2, -0.15) is 52.3 Å². The van der Waals surface area contributed by atoms with Crippen LogP contribution in [-0.2, 0) is 40.5 Å². The average molecular weight is 2040 g/mol. The number of esters is 2. The topological polar surface area (TPSA) is 371 Å². The van der Waals surface area contributed by atoms with E-state index in [0.29, 0.717) is 109 Å². The number of nitriles is 8. The predicted molar refractivity (Wildman–Crippen MR) is 497 cm³/mol. The average Bonchev–Trinajstić information content (AvgIpc) is 1.63. The fourth-order valence-electron chi connectivity index (χ4n) is 19.3. The summed E-state index contributed by atoms with van der Waals surface area (Å²) in [5.41, 5.74) is 9.34. The molecule has 12 fully saturated rings. The largest absolute Gasteiger partial charge is 0.478 e. The Morgan fingerprint density at radius 1 is 0.371 bits per heavy atom. The smallest absolute Gasteiger partial charge is 0.341 e. The second-order valence-electron chi connectivity index (χ2n) is 36.6. The number of halogens is 12. The number of carbonyl (C=O) groups is 3. The highest BCUT2D eigenvalue weighted by molar-refractivity contribution is 9.10. The molecule has 12 unspecified atom stereocenters. The van der Waals surface area contributed by atoms with Crippen molar-refractivity contribution in [1.82, 2.24) is 19.6 Å². The Balaban J connectivity index is 0.000000121. The van der Waals surface area contributed by atoms with Gasteiger partial charge >= 0.3 is 17.9 Å². The van der Waals surface area contributed by atoms with Gasteiger partial charge in [-0.1, -0.05) is 24.3 Å².